The van der Waals surface area contributed by atoms with Gasteiger partial charge < -0.3 is 55.3 Å². The normalized spacial score (nSPS) is 42.1. The molecule has 2 fully saturated rings. The number of unbranched alkanes of at least 4 members (excludes halogenated alkanes) is 1. The van der Waals surface area contributed by atoms with E-state index in [1.54, 1.807) is 0 Å². The Kier molecular flexibility index (Phi) is 9.81. The molecule has 176 valence electrons. The second-order valence-corrected chi connectivity index (χ2v) is 7.65. The minimum Gasteiger partial charge on any atom is -0.394 e. The lowest BCUT2D eigenvalue weighted by molar-refractivity contribution is -0.342. The first-order chi connectivity index (χ1) is 14.2. The summed E-state index contributed by atoms with van der Waals surface area (Å²) < 4.78 is 16.4. The zero-order chi connectivity index (χ0) is 22.4. The first-order valence-corrected chi connectivity index (χ1v) is 10.0. The molecular formula is C18H33NO11. The number of carbonyl (C=O) groups is 1. The van der Waals surface area contributed by atoms with E-state index in [-0.39, 0.29) is 5.91 Å². The number of rotatable bonds is 9. The molecule has 2 rings (SSSR count). The predicted octanol–water partition coefficient (Wildman–Crippen LogP) is -4.04. The van der Waals surface area contributed by atoms with Crippen molar-refractivity contribution in [2.24, 2.45) is 0 Å². The zero-order valence-corrected chi connectivity index (χ0v) is 16.8. The number of amides is 1. The fourth-order valence-corrected chi connectivity index (χ4v) is 3.64. The van der Waals surface area contributed by atoms with Gasteiger partial charge in [0.2, 0.25) is 5.91 Å². The van der Waals surface area contributed by atoms with E-state index in [2.05, 4.69) is 5.32 Å². The van der Waals surface area contributed by atoms with Crippen molar-refractivity contribution in [3.8, 4) is 0 Å². The maximum Gasteiger partial charge on any atom is 0.216 e. The highest BCUT2D eigenvalue weighted by molar-refractivity contribution is 5.72. The van der Waals surface area contributed by atoms with Gasteiger partial charge in [-0.1, -0.05) is 0 Å². The molecule has 1 amide bonds. The third-order valence-corrected chi connectivity index (χ3v) is 5.39. The summed E-state index contributed by atoms with van der Waals surface area (Å²) >= 11 is 0. The van der Waals surface area contributed by atoms with Crippen molar-refractivity contribution in [1.82, 2.24) is 5.32 Å². The third-order valence-electron chi connectivity index (χ3n) is 5.39. The number of aliphatic hydroxyl groups excluding tert-OH is 7. The van der Waals surface area contributed by atoms with E-state index < -0.39 is 74.4 Å². The first-order valence-electron chi connectivity index (χ1n) is 10.0. The maximum absolute atomic E-state index is 10.9. The number of ether oxygens (including phenoxy) is 3. The minimum absolute atomic E-state index is 0.145. The van der Waals surface area contributed by atoms with Gasteiger partial charge in [-0.15, -0.1) is 0 Å². The summed E-state index contributed by atoms with van der Waals surface area (Å²) in [6, 6.07) is 0. The Morgan fingerprint density at radius 1 is 0.833 bits per heavy atom. The van der Waals surface area contributed by atoms with Gasteiger partial charge in [0.25, 0.3) is 0 Å². The van der Waals surface area contributed by atoms with Crippen LogP contribution in [0.25, 0.3) is 0 Å². The molecule has 12 nitrogen and oxygen atoms in total. The van der Waals surface area contributed by atoms with Crippen molar-refractivity contribution in [3.63, 3.8) is 0 Å². The molecule has 0 aliphatic carbocycles. The van der Waals surface area contributed by atoms with Gasteiger partial charge in [-0.05, 0) is 19.3 Å². The van der Waals surface area contributed by atoms with Crippen LogP contribution in [0, 0.1) is 0 Å². The van der Waals surface area contributed by atoms with Crippen molar-refractivity contribution < 1.29 is 54.8 Å². The second-order valence-electron chi connectivity index (χ2n) is 7.65. The smallest absolute Gasteiger partial charge is 0.216 e. The molecule has 12 heteroatoms. The molecule has 0 spiro atoms. The van der Waals surface area contributed by atoms with Gasteiger partial charge in [0.15, 0.2) is 6.29 Å². The van der Waals surface area contributed by atoms with E-state index in [1.807, 2.05) is 0 Å². The number of hydrogen-bond donors (Lipinski definition) is 8. The average molecular weight is 439 g/mol. The largest absolute Gasteiger partial charge is 0.394 e. The Bertz CT molecular complexity index is 534. The molecule has 2 heterocycles. The molecule has 8 N–H and O–H groups in total. The minimum atomic E-state index is -1.70. The van der Waals surface area contributed by atoms with E-state index >= 15 is 0 Å². The van der Waals surface area contributed by atoms with E-state index in [0.29, 0.717) is 25.8 Å². The molecule has 0 radical (unpaired) electrons. The topological polar surface area (TPSA) is 198 Å². The Morgan fingerprint density at radius 2 is 1.47 bits per heavy atom. The molecule has 0 saturated carbocycles. The summed E-state index contributed by atoms with van der Waals surface area (Å²) in [5.41, 5.74) is 0. The third kappa shape index (κ3) is 6.07. The van der Waals surface area contributed by atoms with Crippen molar-refractivity contribution in [3.05, 3.63) is 0 Å². The lowest BCUT2D eigenvalue weighted by Crippen LogP contribution is -2.64. The van der Waals surface area contributed by atoms with Crippen LogP contribution >= 0.6 is 0 Å². The summed E-state index contributed by atoms with van der Waals surface area (Å²) in [4.78, 5) is 10.9. The summed E-state index contributed by atoms with van der Waals surface area (Å²) in [5, 5.41) is 72.3. The van der Waals surface area contributed by atoms with Gasteiger partial charge in [0.1, 0.15) is 48.8 Å². The van der Waals surface area contributed by atoms with Crippen molar-refractivity contribution in [1.29, 1.82) is 0 Å². The van der Waals surface area contributed by atoms with E-state index in [1.165, 1.54) is 6.92 Å². The van der Waals surface area contributed by atoms with Crippen LogP contribution in [0.1, 0.15) is 26.2 Å². The molecular weight excluding hydrogens is 406 g/mol. The number of aliphatic hydroxyl groups is 7. The van der Waals surface area contributed by atoms with Crippen LogP contribution in [0.3, 0.4) is 0 Å². The van der Waals surface area contributed by atoms with Crippen molar-refractivity contribution in [2.75, 3.05) is 19.8 Å². The van der Waals surface area contributed by atoms with E-state index in [9.17, 15) is 40.5 Å². The van der Waals surface area contributed by atoms with Gasteiger partial charge in [0, 0.05) is 13.5 Å². The molecule has 2 aliphatic heterocycles. The highest BCUT2D eigenvalue weighted by Crippen LogP contribution is 2.30. The van der Waals surface area contributed by atoms with Crippen LogP contribution in [0.4, 0.5) is 0 Å². The van der Waals surface area contributed by atoms with Gasteiger partial charge in [-0.2, -0.15) is 0 Å². The number of hydrogen-bond acceptors (Lipinski definition) is 11. The predicted molar refractivity (Wildman–Crippen MR) is 98.9 cm³/mol. The first kappa shape index (κ1) is 25.3. The quantitative estimate of drug-likeness (QED) is 0.163. The molecule has 30 heavy (non-hydrogen) atoms. The molecule has 2 saturated heterocycles. The van der Waals surface area contributed by atoms with E-state index in [0.717, 1.165) is 0 Å². The lowest BCUT2D eigenvalue weighted by Gasteiger charge is -2.46. The van der Waals surface area contributed by atoms with Gasteiger partial charge in [0.05, 0.1) is 19.3 Å². The lowest BCUT2D eigenvalue weighted by atomic mass is 9.92. The second kappa shape index (κ2) is 11.6. The van der Waals surface area contributed by atoms with E-state index in [4.69, 9.17) is 14.2 Å². The van der Waals surface area contributed by atoms with Crippen LogP contribution in [-0.2, 0) is 19.0 Å². The highest BCUT2D eigenvalue weighted by atomic mass is 16.7. The van der Waals surface area contributed by atoms with Crippen LogP contribution in [0.5, 0.6) is 0 Å². The summed E-state index contributed by atoms with van der Waals surface area (Å²) in [5.74, 6) is -0.145. The van der Waals surface area contributed by atoms with Gasteiger partial charge >= 0.3 is 0 Å². The Morgan fingerprint density at radius 3 is 2.07 bits per heavy atom. The SMILES string of the molecule is CC(=O)NCCCC[C@@H]1O[C@H](CO)[C@@H](O[C@@H]2O[C@H](CO)[C@H](O)[C@H](O)[C@H]2O)[C@H](O)[C@H]1O. The van der Waals surface area contributed by atoms with Crippen molar-refractivity contribution >= 4 is 5.91 Å². The monoisotopic (exact) mass is 439 g/mol. The van der Waals surface area contributed by atoms with Crippen LogP contribution in [-0.4, -0.2) is 123 Å². The molecule has 10 atom stereocenters. The Hall–Kier alpha value is -0.930. The van der Waals surface area contributed by atoms with Crippen LogP contribution < -0.4 is 5.32 Å². The Balaban J connectivity index is 1.96. The Labute approximate surface area is 174 Å². The molecule has 2 aliphatic rings. The maximum atomic E-state index is 10.9. The molecule has 0 aromatic rings. The standard InChI is InChI=1S/C18H33NO11/c1-8(22)19-5-3-2-4-9-12(23)15(26)17(11(7-21)28-9)30-18-16(27)14(25)13(24)10(6-20)29-18/h9-18,20-21,23-27H,2-7H2,1H3,(H,19,22)/t9-,10+,11+,12-,13-,14-,15+,16+,17+,18-/m0/s1. The highest BCUT2D eigenvalue weighted by Gasteiger charge is 2.50. The summed E-state index contributed by atoms with van der Waals surface area (Å²) in [7, 11) is 0. The number of nitrogens with one attached hydrogen (secondary N) is 1. The van der Waals surface area contributed by atoms with Crippen LogP contribution in [0.15, 0.2) is 0 Å². The molecule has 0 unspecified atom stereocenters. The fraction of sp³-hybridized carbons (Fsp3) is 0.944. The zero-order valence-electron chi connectivity index (χ0n) is 16.8. The summed E-state index contributed by atoms with van der Waals surface area (Å²) in [6.45, 7) is 0.661. The molecule has 0 bridgehead atoms. The molecule has 0 aromatic heterocycles. The fourth-order valence-electron chi connectivity index (χ4n) is 3.64. The van der Waals surface area contributed by atoms with Crippen LogP contribution in [0.2, 0.25) is 0 Å². The van der Waals surface area contributed by atoms with Gasteiger partial charge in [-0.3, -0.25) is 4.79 Å². The van der Waals surface area contributed by atoms with Crippen molar-refractivity contribution in [2.45, 2.75) is 87.4 Å². The average Bonchev–Trinajstić information content (AvgIpc) is 2.72. The molecule has 0 aromatic carbocycles. The number of carbonyl (C=O) groups excluding carboxylic acids is 1. The van der Waals surface area contributed by atoms with Gasteiger partial charge in [-0.25, -0.2) is 0 Å². The summed E-state index contributed by atoms with van der Waals surface area (Å²) in [6.07, 6.45) is -12.1.